The van der Waals surface area contributed by atoms with Crippen molar-refractivity contribution in [3.05, 3.63) is 71.8 Å². The van der Waals surface area contributed by atoms with Crippen LogP contribution in [-0.4, -0.2) is 29.6 Å². The Kier molecular flexibility index (Phi) is 4.37. The van der Waals surface area contributed by atoms with Gasteiger partial charge in [0.1, 0.15) is 5.60 Å². The van der Waals surface area contributed by atoms with Gasteiger partial charge in [0.05, 0.1) is 0 Å². The minimum Gasteiger partial charge on any atom is -0.383 e. The lowest BCUT2D eigenvalue weighted by Crippen LogP contribution is -2.41. The molecule has 1 aliphatic heterocycles. The summed E-state index contributed by atoms with van der Waals surface area (Å²) in [6.07, 6.45) is 3.15. The Morgan fingerprint density at radius 3 is 2.05 bits per heavy atom. The second kappa shape index (κ2) is 6.42. The minimum atomic E-state index is -0.813. The first-order valence-electron chi connectivity index (χ1n) is 7.80. The van der Waals surface area contributed by atoms with Crippen LogP contribution in [-0.2, 0) is 12.0 Å². The molecule has 0 aromatic heterocycles. The molecule has 21 heavy (non-hydrogen) atoms. The van der Waals surface area contributed by atoms with E-state index in [1.807, 2.05) is 48.5 Å². The summed E-state index contributed by atoms with van der Waals surface area (Å²) >= 11 is 0. The largest absolute Gasteiger partial charge is 0.383 e. The molecule has 110 valence electrons. The van der Waals surface area contributed by atoms with Gasteiger partial charge in [-0.2, -0.15) is 0 Å². The molecule has 0 unspecified atom stereocenters. The van der Waals surface area contributed by atoms with Crippen molar-refractivity contribution in [3.8, 4) is 0 Å². The van der Waals surface area contributed by atoms with E-state index in [9.17, 15) is 5.11 Å². The average Bonchev–Trinajstić information content (AvgIpc) is 3.02. The van der Waals surface area contributed by atoms with Gasteiger partial charge in [0.25, 0.3) is 0 Å². The fourth-order valence-corrected chi connectivity index (χ4v) is 3.24. The Morgan fingerprint density at radius 2 is 1.43 bits per heavy atom. The van der Waals surface area contributed by atoms with Gasteiger partial charge in [-0.1, -0.05) is 60.7 Å². The number of β-amino-alcohol motifs (C(OH)–C–C–N with tert-alkyl or cyclic N) is 1. The molecule has 2 aromatic carbocycles. The standard InChI is InChI=1S/C19H23NO/c21-19(16-20-13-7-8-14-20,18-11-5-2-6-12-18)15-17-9-3-1-4-10-17/h1-6,9-12,21H,7-8,13-16H2/t19-/m1/s1. The van der Waals surface area contributed by atoms with Gasteiger partial charge < -0.3 is 10.0 Å². The Labute approximate surface area is 127 Å². The van der Waals surface area contributed by atoms with Crippen LogP contribution in [0.1, 0.15) is 24.0 Å². The fraction of sp³-hybridized carbons (Fsp3) is 0.368. The first-order valence-corrected chi connectivity index (χ1v) is 7.80. The lowest BCUT2D eigenvalue weighted by Gasteiger charge is -2.33. The highest BCUT2D eigenvalue weighted by atomic mass is 16.3. The summed E-state index contributed by atoms with van der Waals surface area (Å²) < 4.78 is 0. The van der Waals surface area contributed by atoms with Gasteiger partial charge >= 0.3 is 0 Å². The van der Waals surface area contributed by atoms with E-state index in [0.29, 0.717) is 13.0 Å². The predicted molar refractivity (Wildman–Crippen MR) is 86.2 cm³/mol. The number of hydrogen-bond acceptors (Lipinski definition) is 2. The molecule has 2 heteroatoms. The molecule has 0 amide bonds. The number of likely N-dealkylation sites (tertiary alicyclic amines) is 1. The summed E-state index contributed by atoms with van der Waals surface area (Å²) in [6, 6.07) is 20.4. The maximum absolute atomic E-state index is 11.4. The minimum absolute atomic E-state index is 0.661. The number of aliphatic hydroxyl groups is 1. The highest BCUT2D eigenvalue weighted by Gasteiger charge is 2.32. The highest BCUT2D eigenvalue weighted by molar-refractivity contribution is 5.27. The second-order valence-corrected chi connectivity index (χ2v) is 6.04. The zero-order valence-corrected chi connectivity index (χ0v) is 12.4. The summed E-state index contributed by atoms with van der Waals surface area (Å²) in [5.41, 5.74) is 1.39. The third-order valence-electron chi connectivity index (χ3n) is 4.33. The second-order valence-electron chi connectivity index (χ2n) is 6.04. The van der Waals surface area contributed by atoms with Crippen molar-refractivity contribution >= 4 is 0 Å². The van der Waals surface area contributed by atoms with E-state index in [0.717, 1.165) is 18.7 Å². The normalized spacial score (nSPS) is 18.5. The zero-order chi connectivity index (χ0) is 14.5. The van der Waals surface area contributed by atoms with Crippen LogP contribution in [0.25, 0.3) is 0 Å². The first-order chi connectivity index (χ1) is 10.3. The van der Waals surface area contributed by atoms with Crippen molar-refractivity contribution in [3.63, 3.8) is 0 Å². The zero-order valence-electron chi connectivity index (χ0n) is 12.4. The topological polar surface area (TPSA) is 23.5 Å². The van der Waals surface area contributed by atoms with Crippen molar-refractivity contribution in [2.75, 3.05) is 19.6 Å². The van der Waals surface area contributed by atoms with Crippen LogP contribution in [0.15, 0.2) is 60.7 Å². The molecule has 0 spiro atoms. The lowest BCUT2D eigenvalue weighted by atomic mass is 9.86. The molecule has 1 aliphatic rings. The van der Waals surface area contributed by atoms with Crippen LogP contribution >= 0.6 is 0 Å². The molecule has 1 atom stereocenters. The quantitative estimate of drug-likeness (QED) is 0.909. The Hall–Kier alpha value is -1.64. The summed E-state index contributed by atoms with van der Waals surface area (Å²) in [5, 5.41) is 11.4. The van der Waals surface area contributed by atoms with Crippen LogP contribution in [0.2, 0.25) is 0 Å². The van der Waals surface area contributed by atoms with Crippen LogP contribution in [0, 0.1) is 0 Å². The molecular weight excluding hydrogens is 258 g/mol. The first kappa shape index (κ1) is 14.3. The molecule has 2 nitrogen and oxygen atoms in total. The molecular formula is C19H23NO. The van der Waals surface area contributed by atoms with E-state index < -0.39 is 5.60 Å². The SMILES string of the molecule is O[C@](Cc1ccccc1)(CN1CCCC1)c1ccccc1. The maximum atomic E-state index is 11.4. The van der Waals surface area contributed by atoms with Gasteiger partial charge in [-0.3, -0.25) is 0 Å². The average molecular weight is 281 g/mol. The van der Waals surface area contributed by atoms with Gasteiger partial charge in [0.15, 0.2) is 0 Å². The van der Waals surface area contributed by atoms with E-state index in [4.69, 9.17) is 0 Å². The third kappa shape index (κ3) is 3.52. The molecule has 1 N–H and O–H groups in total. The Morgan fingerprint density at radius 1 is 0.857 bits per heavy atom. The van der Waals surface area contributed by atoms with E-state index >= 15 is 0 Å². The van der Waals surface area contributed by atoms with Gasteiger partial charge in [0.2, 0.25) is 0 Å². The summed E-state index contributed by atoms with van der Waals surface area (Å²) in [6.45, 7) is 2.92. The smallest absolute Gasteiger partial charge is 0.106 e. The van der Waals surface area contributed by atoms with E-state index in [1.54, 1.807) is 0 Å². The van der Waals surface area contributed by atoms with E-state index in [-0.39, 0.29) is 0 Å². The molecule has 0 radical (unpaired) electrons. The van der Waals surface area contributed by atoms with E-state index in [1.165, 1.54) is 18.4 Å². The molecule has 1 heterocycles. The van der Waals surface area contributed by atoms with Crippen LogP contribution in [0.3, 0.4) is 0 Å². The van der Waals surface area contributed by atoms with Crippen molar-refractivity contribution in [1.29, 1.82) is 0 Å². The predicted octanol–water partition coefficient (Wildman–Crippen LogP) is 3.21. The van der Waals surface area contributed by atoms with Crippen LogP contribution in [0.5, 0.6) is 0 Å². The van der Waals surface area contributed by atoms with Crippen molar-refractivity contribution < 1.29 is 5.11 Å². The number of rotatable bonds is 5. The Bertz CT molecular complexity index is 548. The summed E-state index contributed by atoms with van der Waals surface area (Å²) in [5.74, 6) is 0. The molecule has 1 fully saturated rings. The molecule has 0 bridgehead atoms. The fourth-order valence-electron chi connectivity index (χ4n) is 3.24. The van der Waals surface area contributed by atoms with E-state index in [2.05, 4.69) is 17.0 Å². The number of nitrogens with zero attached hydrogens (tertiary/aromatic N) is 1. The molecule has 0 aliphatic carbocycles. The van der Waals surface area contributed by atoms with Gasteiger partial charge in [0, 0.05) is 13.0 Å². The highest BCUT2D eigenvalue weighted by Crippen LogP contribution is 2.28. The molecule has 0 saturated carbocycles. The number of benzene rings is 2. The summed E-state index contributed by atoms with van der Waals surface area (Å²) in [4.78, 5) is 2.38. The van der Waals surface area contributed by atoms with Gasteiger partial charge in [-0.15, -0.1) is 0 Å². The van der Waals surface area contributed by atoms with Crippen molar-refractivity contribution in [2.24, 2.45) is 0 Å². The maximum Gasteiger partial charge on any atom is 0.106 e. The van der Waals surface area contributed by atoms with Crippen molar-refractivity contribution in [2.45, 2.75) is 24.9 Å². The molecule has 2 aromatic rings. The van der Waals surface area contributed by atoms with Gasteiger partial charge in [-0.25, -0.2) is 0 Å². The third-order valence-corrected chi connectivity index (χ3v) is 4.33. The Balaban J connectivity index is 1.86. The molecule has 3 rings (SSSR count). The van der Waals surface area contributed by atoms with Crippen LogP contribution in [0.4, 0.5) is 0 Å². The monoisotopic (exact) mass is 281 g/mol. The summed E-state index contributed by atoms with van der Waals surface area (Å²) in [7, 11) is 0. The van der Waals surface area contributed by atoms with Gasteiger partial charge in [-0.05, 0) is 37.1 Å². The molecule has 1 saturated heterocycles. The van der Waals surface area contributed by atoms with Crippen molar-refractivity contribution in [1.82, 2.24) is 4.90 Å². The lowest BCUT2D eigenvalue weighted by molar-refractivity contribution is 0.00508. The number of hydrogen-bond donors (Lipinski definition) is 1. The van der Waals surface area contributed by atoms with Crippen LogP contribution < -0.4 is 0 Å².